The van der Waals surface area contributed by atoms with E-state index in [9.17, 15) is 4.79 Å². The molecule has 0 saturated heterocycles. The van der Waals surface area contributed by atoms with E-state index in [1.165, 1.54) is 0 Å². The smallest absolute Gasteiger partial charge is 0.256 e. The van der Waals surface area contributed by atoms with Crippen LogP contribution in [0.1, 0.15) is 39.3 Å². The van der Waals surface area contributed by atoms with Crippen LogP contribution in [-0.4, -0.2) is 42.9 Å². The van der Waals surface area contributed by atoms with Crippen molar-refractivity contribution in [1.29, 1.82) is 0 Å². The summed E-state index contributed by atoms with van der Waals surface area (Å²) in [7, 11) is 0. The van der Waals surface area contributed by atoms with Crippen LogP contribution < -0.4 is 10.1 Å². The van der Waals surface area contributed by atoms with Crippen LogP contribution in [0.3, 0.4) is 0 Å². The normalized spacial score (nSPS) is 16.5. The van der Waals surface area contributed by atoms with E-state index in [0.29, 0.717) is 49.6 Å². The summed E-state index contributed by atoms with van der Waals surface area (Å²) in [6.07, 6.45) is 2.07. The van der Waals surface area contributed by atoms with Crippen molar-refractivity contribution >= 4 is 11.6 Å². The number of pyridine rings is 1. The lowest BCUT2D eigenvalue weighted by atomic mass is 9.98. The lowest BCUT2D eigenvalue weighted by Gasteiger charge is -2.28. The molecule has 1 aromatic heterocycles. The van der Waals surface area contributed by atoms with E-state index < -0.39 is 5.60 Å². The summed E-state index contributed by atoms with van der Waals surface area (Å²) < 4.78 is 16.5. The summed E-state index contributed by atoms with van der Waals surface area (Å²) in [6, 6.07) is 3.57. The monoisotopic (exact) mass is 336 g/mol. The highest BCUT2D eigenvalue weighted by Gasteiger charge is 2.48. The molecule has 24 heavy (non-hydrogen) atoms. The summed E-state index contributed by atoms with van der Waals surface area (Å²) in [5, 5.41) is 2.95. The maximum atomic E-state index is 12.7. The second-order valence-electron chi connectivity index (χ2n) is 6.10. The van der Waals surface area contributed by atoms with Gasteiger partial charge in [-0.05, 0) is 52.5 Å². The van der Waals surface area contributed by atoms with E-state index in [4.69, 9.17) is 14.2 Å². The third-order valence-electron chi connectivity index (χ3n) is 4.24. The number of aromatic nitrogens is 1. The highest BCUT2D eigenvalue weighted by Crippen LogP contribution is 2.42. The number of amides is 1. The number of aryl methyl sites for hydroxylation is 1. The van der Waals surface area contributed by atoms with E-state index in [-0.39, 0.29) is 5.91 Å². The van der Waals surface area contributed by atoms with Crippen molar-refractivity contribution in [2.24, 2.45) is 5.92 Å². The summed E-state index contributed by atoms with van der Waals surface area (Å²) in [5.74, 6) is 0.716. The number of hydrogen-bond donors (Lipinski definition) is 1. The molecule has 1 fully saturated rings. The molecule has 1 unspecified atom stereocenters. The molecule has 1 aliphatic rings. The maximum Gasteiger partial charge on any atom is 0.256 e. The Hall–Kier alpha value is -1.66. The molecule has 1 heterocycles. The van der Waals surface area contributed by atoms with Gasteiger partial charge >= 0.3 is 0 Å². The Morgan fingerprint density at radius 3 is 2.62 bits per heavy atom. The summed E-state index contributed by atoms with van der Waals surface area (Å²) in [6.45, 7) is 9.74. The summed E-state index contributed by atoms with van der Waals surface area (Å²) in [4.78, 5) is 17.1. The van der Waals surface area contributed by atoms with Crippen LogP contribution in [0, 0.1) is 12.8 Å². The molecule has 1 N–H and O–H groups in total. The van der Waals surface area contributed by atoms with Gasteiger partial charge < -0.3 is 19.5 Å². The Balaban J connectivity index is 1.97. The van der Waals surface area contributed by atoms with Crippen molar-refractivity contribution in [2.45, 2.75) is 46.1 Å². The van der Waals surface area contributed by atoms with E-state index in [1.807, 2.05) is 33.8 Å². The third-order valence-corrected chi connectivity index (χ3v) is 4.24. The zero-order valence-corrected chi connectivity index (χ0v) is 15.1. The quantitative estimate of drug-likeness (QED) is 0.665. The van der Waals surface area contributed by atoms with E-state index in [1.54, 1.807) is 6.07 Å². The molecule has 1 aromatic rings. The van der Waals surface area contributed by atoms with Crippen molar-refractivity contribution in [3.05, 3.63) is 17.8 Å². The molecule has 1 amide bonds. The highest BCUT2D eigenvalue weighted by atomic mass is 16.5. The summed E-state index contributed by atoms with van der Waals surface area (Å²) in [5.41, 5.74) is 0.629. The molecule has 134 valence electrons. The number of nitrogens with one attached hydrogen (secondary N) is 1. The highest BCUT2D eigenvalue weighted by molar-refractivity contribution is 5.98. The minimum Gasteiger partial charge on any atom is -0.475 e. The maximum absolute atomic E-state index is 12.7. The van der Waals surface area contributed by atoms with Crippen molar-refractivity contribution in [3.8, 4) is 5.88 Å². The molecule has 0 aliphatic heterocycles. The van der Waals surface area contributed by atoms with Crippen LogP contribution in [0.25, 0.3) is 0 Å². The van der Waals surface area contributed by atoms with Gasteiger partial charge in [0.05, 0.1) is 18.0 Å². The van der Waals surface area contributed by atoms with Crippen molar-refractivity contribution in [3.63, 3.8) is 0 Å². The molecule has 0 bridgehead atoms. The fraction of sp³-hybridized carbons (Fsp3) is 0.667. The largest absolute Gasteiger partial charge is 0.475 e. The zero-order chi connectivity index (χ0) is 17.6. The second-order valence-corrected chi connectivity index (χ2v) is 6.10. The topological polar surface area (TPSA) is 69.7 Å². The number of carbonyl (C=O) groups is 1. The Labute approximate surface area is 143 Å². The Bertz CT molecular complexity index is 560. The van der Waals surface area contributed by atoms with Gasteiger partial charge in [0.25, 0.3) is 5.91 Å². The predicted octanol–water partition coefficient (Wildman–Crippen LogP) is 2.95. The molecule has 1 aliphatic carbocycles. The van der Waals surface area contributed by atoms with Gasteiger partial charge in [-0.15, -0.1) is 0 Å². The standard InChI is InChI=1S/C18H28N2O4/c1-5-22-11-12-23-16-10-9-15(13(3)19-16)20-17(21)18(4,24-6-2)14-7-8-14/h9-10,14H,5-8,11-12H2,1-4H3,(H,20,21). The Morgan fingerprint density at radius 2 is 2.04 bits per heavy atom. The lowest BCUT2D eigenvalue weighted by Crippen LogP contribution is -2.45. The number of nitrogens with zero attached hydrogens (tertiary/aromatic N) is 1. The van der Waals surface area contributed by atoms with Gasteiger partial charge in [-0.1, -0.05) is 0 Å². The third kappa shape index (κ3) is 4.68. The van der Waals surface area contributed by atoms with Crippen LogP contribution in [0.15, 0.2) is 12.1 Å². The van der Waals surface area contributed by atoms with E-state index >= 15 is 0 Å². The molecule has 0 spiro atoms. The molecule has 1 atom stereocenters. The minimum atomic E-state index is -0.770. The van der Waals surface area contributed by atoms with Crippen LogP contribution >= 0.6 is 0 Å². The van der Waals surface area contributed by atoms with Crippen molar-refractivity contribution in [1.82, 2.24) is 4.98 Å². The first-order valence-electron chi connectivity index (χ1n) is 8.64. The van der Waals surface area contributed by atoms with E-state index in [0.717, 1.165) is 12.8 Å². The number of ether oxygens (including phenoxy) is 3. The number of hydrogen-bond acceptors (Lipinski definition) is 5. The SMILES string of the molecule is CCOCCOc1ccc(NC(=O)C(C)(OCC)C2CC2)c(C)n1. The summed E-state index contributed by atoms with van der Waals surface area (Å²) >= 11 is 0. The molecule has 6 nitrogen and oxygen atoms in total. The number of carbonyl (C=O) groups excluding carboxylic acids is 1. The van der Waals surface area contributed by atoms with E-state index in [2.05, 4.69) is 10.3 Å². The van der Waals surface area contributed by atoms with Crippen molar-refractivity contribution < 1.29 is 19.0 Å². The first-order valence-corrected chi connectivity index (χ1v) is 8.64. The fourth-order valence-corrected chi connectivity index (χ4v) is 2.65. The van der Waals surface area contributed by atoms with Crippen molar-refractivity contribution in [2.75, 3.05) is 31.7 Å². The van der Waals surface area contributed by atoms with Crippen LogP contribution in [0.2, 0.25) is 0 Å². The molecule has 6 heteroatoms. The van der Waals surface area contributed by atoms with Gasteiger partial charge in [0.15, 0.2) is 0 Å². The lowest BCUT2D eigenvalue weighted by molar-refractivity contribution is -0.141. The fourth-order valence-electron chi connectivity index (χ4n) is 2.65. The number of anilines is 1. The van der Waals surface area contributed by atoms with Gasteiger partial charge in [0.1, 0.15) is 12.2 Å². The first-order chi connectivity index (χ1) is 11.5. The van der Waals surface area contributed by atoms with Gasteiger partial charge in [0.2, 0.25) is 5.88 Å². The molecule has 0 aromatic carbocycles. The predicted molar refractivity (Wildman–Crippen MR) is 92.3 cm³/mol. The minimum absolute atomic E-state index is 0.109. The van der Waals surface area contributed by atoms with Crippen LogP contribution in [0.4, 0.5) is 5.69 Å². The molecular formula is C18H28N2O4. The average Bonchev–Trinajstić information content (AvgIpc) is 3.39. The van der Waals surface area contributed by atoms with Gasteiger partial charge in [-0.3, -0.25) is 4.79 Å². The molecule has 0 radical (unpaired) electrons. The Morgan fingerprint density at radius 1 is 1.29 bits per heavy atom. The Kier molecular flexibility index (Phi) is 6.57. The zero-order valence-electron chi connectivity index (χ0n) is 15.1. The van der Waals surface area contributed by atoms with Gasteiger partial charge in [-0.2, -0.15) is 0 Å². The average molecular weight is 336 g/mol. The van der Waals surface area contributed by atoms with Crippen LogP contribution in [-0.2, 0) is 14.3 Å². The van der Waals surface area contributed by atoms with Gasteiger partial charge in [-0.25, -0.2) is 4.98 Å². The first kappa shape index (κ1) is 18.7. The van der Waals surface area contributed by atoms with Crippen LogP contribution in [0.5, 0.6) is 5.88 Å². The van der Waals surface area contributed by atoms with Gasteiger partial charge in [0, 0.05) is 19.3 Å². The second kappa shape index (κ2) is 8.44. The molecule has 1 saturated carbocycles. The number of rotatable bonds is 10. The molecule has 2 rings (SSSR count). The molecular weight excluding hydrogens is 308 g/mol.